The van der Waals surface area contributed by atoms with E-state index in [0.717, 1.165) is 16.8 Å². The largest absolute Gasteiger partial charge is 0.398 e. The highest BCUT2D eigenvalue weighted by molar-refractivity contribution is 6.52. The monoisotopic (exact) mass is 256 g/mol. The maximum absolute atomic E-state index is 6.40. The van der Waals surface area contributed by atoms with E-state index in [-0.39, 0.29) is 16.2 Å². The van der Waals surface area contributed by atoms with Crippen molar-refractivity contribution in [2.75, 3.05) is 11.5 Å². The van der Waals surface area contributed by atoms with E-state index in [9.17, 15) is 0 Å². The molecule has 0 saturated heterocycles. The first-order chi connectivity index (χ1) is 8.39. The van der Waals surface area contributed by atoms with Gasteiger partial charge < -0.3 is 11.5 Å². The zero-order valence-corrected chi connectivity index (χ0v) is 13.7. The summed E-state index contributed by atoms with van der Waals surface area (Å²) in [6, 6.07) is 0. The maximum atomic E-state index is 6.40. The first-order valence-electron chi connectivity index (χ1n) is 7.08. The molecule has 102 valence electrons. The van der Waals surface area contributed by atoms with Gasteiger partial charge in [-0.05, 0) is 27.4 Å². The van der Waals surface area contributed by atoms with Crippen LogP contribution in [0.25, 0.3) is 0 Å². The Morgan fingerprint density at radius 1 is 0.684 bits per heavy atom. The lowest BCUT2D eigenvalue weighted by Gasteiger charge is -2.44. The van der Waals surface area contributed by atoms with Crippen LogP contribution in [-0.4, -0.2) is 15.7 Å². The van der Waals surface area contributed by atoms with Crippen molar-refractivity contribution in [2.24, 2.45) is 5.41 Å². The van der Waals surface area contributed by atoms with Crippen LogP contribution >= 0.6 is 0 Å². The SMILES string of the molecule is Bc1c(B)c2c(c(N)c1N)C(C)(C)C(C)(C)C2(C)C. The Hall–Kier alpha value is -1.05. The third-order valence-corrected chi connectivity index (χ3v) is 6.53. The minimum atomic E-state index is 0.0164. The number of fused-ring (bicyclic) bond motifs is 1. The molecule has 0 spiro atoms. The van der Waals surface area contributed by atoms with E-state index in [1.54, 1.807) is 0 Å². The minimum Gasteiger partial charge on any atom is -0.398 e. The molecular weight excluding hydrogens is 230 g/mol. The average molecular weight is 256 g/mol. The first-order valence-corrected chi connectivity index (χ1v) is 7.08. The summed E-state index contributed by atoms with van der Waals surface area (Å²) in [6.07, 6.45) is 0. The van der Waals surface area contributed by atoms with Gasteiger partial charge in [0.15, 0.2) is 0 Å². The fourth-order valence-electron chi connectivity index (χ4n) is 3.89. The van der Waals surface area contributed by atoms with Gasteiger partial charge in [0.05, 0.1) is 5.69 Å². The fraction of sp³-hybridized carbons (Fsp3) is 0.600. The van der Waals surface area contributed by atoms with Gasteiger partial charge in [0, 0.05) is 5.69 Å². The van der Waals surface area contributed by atoms with Gasteiger partial charge in [0.2, 0.25) is 0 Å². The van der Waals surface area contributed by atoms with Gasteiger partial charge in [-0.2, -0.15) is 0 Å². The van der Waals surface area contributed by atoms with Crippen LogP contribution in [-0.2, 0) is 10.8 Å². The highest BCUT2D eigenvalue weighted by atomic mass is 14.7. The second kappa shape index (κ2) is 3.53. The van der Waals surface area contributed by atoms with Crippen LogP contribution < -0.4 is 22.4 Å². The van der Waals surface area contributed by atoms with E-state index < -0.39 is 0 Å². The van der Waals surface area contributed by atoms with E-state index in [4.69, 9.17) is 11.5 Å². The molecule has 0 fully saturated rings. The molecule has 0 unspecified atom stereocenters. The first kappa shape index (κ1) is 14.4. The topological polar surface area (TPSA) is 52.0 Å². The lowest BCUT2D eigenvalue weighted by molar-refractivity contribution is 0.125. The van der Waals surface area contributed by atoms with Gasteiger partial charge in [-0.1, -0.05) is 52.5 Å². The summed E-state index contributed by atoms with van der Waals surface area (Å²) < 4.78 is 0. The smallest absolute Gasteiger partial charge is 0.141 e. The van der Waals surface area contributed by atoms with Crippen LogP contribution in [0.1, 0.15) is 52.7 Å². The highest BCUT2D eigenvalue weighted by Crippen LogP contribution is 2.62. The van der Waals surface area contributed by atoms with Crippen molar-refractivity contribution in [3.8, 4) is 0 Å². The van der Waals surface area contributed by atoms with E-state index in [1.807, 2.05) is 0 Å². The van der Waals surface area contributed by atoms with E-state index in [2.05, 4.69) is 57.2 Å². The molecule has 0 aromatic heterocycles. The number of benzene rings is 1. The zero-order valence-electron chi connectivity index (χ0n) is 13.7. The van der Waals surface area contributed by atoms with Crippen molar-refractivity contribution in [3.05, 3.63) is 11.1 Å². The van der Waals surface area contributed by atoms with Crippen LogP contribution in [0, 0.1) is 5.41 Å². The molecule has 2 rings (SSSR count). The number of nitrogen functional groups attached to an aromatic ring is 2. The molecule has 4 N–H and O–H groups in total. The number of rotatable bonds is 0. The summed E-state index contributed by atoms with van der Waals surface area (Å²) in [5, 5.41) is 0. The predicted octanol–water partition coefficient (Wildman–Crippen LogP) is -0.0372. The molecular formula is C15H26B2N2. The molecule has 0 amide bonds. The van der Waals surface area contributed by atoms with Gasteiger partial charge in [-0.15, -0.1) is 0 Å². The van der Waals surface area contributed by atoms with Crippen LogP contribution in [0.15, 0.2) is 0 Å². The van der Waals surface area contributed by atoms with Crippen molar-refractivity contribution in [2.45, 2.75) is 52.4 Å². The third kappa shape index (κ3) is 1.35. The molecule has 19 heavy (non-hydrogen) atoms. The lowest BCUT2D eigenvalue weighted by atomic mass is 9.58. The summed E-state index contributed by atoms with van der Waals surface area (Å²) in [7, 11) is 4.26. The molecule has 4 heteroatoms. The van der Waals surface area contributed by atoms with Crippen molar-refractivity contribution in [1.29, 1.82) is 0 Å². The normalized spacial score (nSPS) is 22.2. The Balaban J connectivity index is 3.02. The van der Waals surface area contributed by atoms with Crippen molar-refractivity contribution >= 4 is 38.0 Å². The molecule has 1 aliphatic carbocycles. The number of nitrogens with two attached hydrogens (primary N) is 2. The molecule has 1 aliphatic rings. The van der Waals surface area contributed by atoms with E-state index in [0.29, 0.717) is 0 Å². The van der Waals surface area contributed by atoms with Gasteiger partial charge in [0.1, 0.15) is 15.7 Å². The molecule has 1 aromatic rings. The van der Waals surface area contributed by atoms with Gasteiger partial charge in [0.25, 0.3) is 0 Å². The Labute approximate surface area is 119 Å². The quantitative estimate of drug-likeness (QED) is 0.505. The number of hydrogen-bond acceptors (Lipinski definition) is 2. The molecule has 0 bridgehead atoms. The zero-order chi connectivity index (χ0) is 15.0. The lowest BCUT2D eigenvalue weighted by Crippen LogP contribution is -2.44. The third-order valence-electron chi connectivity index (χ3n) is 6.53. The standard InChI is InChI=1S/C15H26B2N2/c1-13(2)7-8(14(3,4)15(13,5)6)11(18)12(19)10(17)9(7)16/h16-19H2,1-6H3. The molecule has 0 atom stereocenters. The molecule has 1 aromatic carbocycles. The van der Waals surface area contributed by atoms with E-state index >= 15 is 0 Å². The van der Waals surface area contributed by atoms with Crippen LogP contribution in [0.4, 0.5) is 11.4 Å². The summed E-state index contributed by atoms with van der Waals surface area (Å²) in [4.78, 5) is 0. The van der Waals surface area contributed by atoms with Crippen LogP contribution in [0.2, 0.25) is 0 Å². The molecule has 2 nitrogen and oxygen atoms in total. The maximum Gasteiger partial charge on any atom is 0.141 e. The summed E-state index contributed by atoms with van der Waals surface area (Å²) in [5.74, 6) is 0. The average Bonchev–Trinajstić information content (AvgIpc) is 2.39. The van der Waals surface area contributed by atoms with Crippen molar-refractivity contribution in [1.82, 2.24) is 0 Å². The Morgan fingerprint density at radius 2 is 1.11 bits per heavy atom. The molecule has 0 heterocycles. The molecule has 0 radical (unpaired) electrons. The second-order valence-corrected chi connectivity index (χ2v) is 7.70. The summed E-state index contributed by atoms with van der Waals surface area (Å²) in [6.45, 7) is 14.0. The van der Waals surface area contributed by atoms with Gasteiger partial charge in [-0.3, -0.25) is 0 Å². The van der Waals surface area contributed by atoms with E-state index in [1.165, 1.54) is 16.6 Å². The molecule has 0 saturated carbocycles. The predicted molar refractivity (Wildman–Crippen MR) is 91.5 cm³/mol. The highest BCUT2D eigenvalue weighted by Gasteiger charge is 2.58. The van der Waals surface area contributed by atoms with Gasteiger partial charge >= 0.3 is 0 Å². The van der Waals surface area contributed by atoms with Crippen molar-refractivity contribution < 1.29 is 0 Å². The van der Waals surface area contributed by atoms with Crippen LogP contribution in [0.3, 0.4) is 0 Å². The molecule has 0 aliphatic heterocycles. The number of anilines is 2. The Bertz CT molecular complexity index is 523. The van der Waals surface area contributed by atoms with Crippen molar-refractivity contribution in [3.63, 3.8) is 0 Å². The summed E-state index contributed by atoms with van der Waals surface area (Å²) >= 11 is 0. The van der Waals surface area contributed by atoms with Crippen LogP contribution in [0.5, 0.6) is 0 Å². The minimum absolute atomic E-state index is 0.0164. The second-order valence-electron chi connectivity index (χ2n) is 7.70. The number of hydrogen-bond donors (Lipinski definition) is 2. The fourth-order valence-corrected chi connectivity index (χ4v) is 3.89. The Morgan fingerprint density at radius 3 is 1.58 bits per heavy atom. The van der Waals surface area contributed by atoms with Gasteiger partial charge in [-0.25, -0.2) is 0 Å². The summed E-state index contributed by atoms with van der Waals surface area (Å²) in [5.41, 5.74) is 19.5. The Kier molecular flexibility index (Phi) is 2.67.